The highest BCUT2D eigenvalue weighted by atomic mass is 28.2. The molecule has 0 fully saturated rings. The van der Waals surface area contributed by atoms with Gasteiger partial charge >= 0.3 is 0 Å². The molecule has 0 bridgehead atoms. The summed E-state index contributed by atoms with van der Waals surface area (Å²) in [5, 5.41) is 0. The average Bonchev–Trinajstić information content (AvgIpc) is 2.48. The molecule has 0 aromatic heterocycles. The molecule has 0 spiro atoms. The van der Waals surface area contributed by atoms with Crippen LogP contribution in [0.15, 0.2) is 18.2 Å². The van der Waals surface area contributed by atoms with E-state index in [1.54, 1.807) is 0 Å². The molecular formula is C18H30OSi. The molecule has 0 amide bonds. The van der Waals surface area contributed by atoms with Crippen LogP contribution in [0.2, 0.25) is 6.04 Å². The molecule has 2 radical (unpaired) electrons. The molecule has 0 aliphatic heterocycles. The van der Waals surface area contributed by atoms with E-state index in [4.69, 9.17) is 4.74 Å². The van der Waals surface area contributed by atoms with Gasteiger partial charge in [0.05, 0.1) is 6.61 Å². The first-order valence-corrected chi connectivity index (χ1v) is 9.69. The summed E-state index contributed by atoms with van der Waals surface area (Å²) in [4.78, 5) is 0. The van der Waals surface area contributed by atoms with Crippen molar-refractivity contribution in [1.82, 2.24) is 0 Å². The Morgan fingerprint density at radius 1 is 0.950 bits per heavy atom. The van der Waals surface area contributed by atoms with E-state index in [0.717, 1.165) is 22.5 Å². The SMILES string of the molecule is CCCCCCOc1c(CC)cccc1C[Si]CCC. The van der Waals surface area contributed by atoms with Crippen molar-refractivity contribution in [3.63, 3.8) is 0 Å². The minimum Gasteiger partial charge on any atom is -0.493 e. The fourth-order valence-corrected chi connectivity index (χ4v) is 3.42. The van der Waals surface area contributed by atoms with Gasteiger partial charge in [-0.1, -0.05) is 70.7 Å². The van der Waals surface area contributed by atoms with E-state index in [-0.39, 0.29) is 0 Å². The molecule has 1 nitrogen and oxygen atoms in total. The van der Waals surface area contributed by atoms with Crippen molar-refractivity contribution < 1.29 is 4.74 Å². The van der Waals surface area contributed by atoms with Gasteiger partial charge in [0.1, 0.15) is 5.75 Å². The summed E-state index contributed by atoms with van der Waals surface area (Å²) in [5.41, 5.74) is 2.80. The van der Waals surface area contributed by atoms with E-state index >= 15 is 0 Å². The van der Waals surface area contributed by atoms with Crippen molar-refractivity contribution >= 4 is 9.52 Å². The highest BCUT2D eigenvalue weighted by molar-refractivity contribution is 6.34. The lowest BCUT2D eigenvalue weighted by atomic mass is 10.1. The van der Waals surface area contributed by atoms with Crippen LogP contribution >= 0.6 is 0 Å². The number of benzene rings is 1. The average molecular weight is 291 g/mol. The molecule has 1 rings (SSSR count). The van der Waals surface area contributed by atoms with Gasteiger partial charge in [-0.15, -0.1) is 0 Å². The quantitative estimate of drug-likeness (QED) is 0.400. The maximum Gasteiger partial charge on any atom is 0.125 e. The Morgan fingerprint density at radius 2 is 1.75 bits per heavy atom. The maximum absolute atomic E-state index is 6.14. The van der Waals surface area contributed by atoms with Gasteiger partial charge in [0.2, 0.25) is 0 Å². The lowest BCUT2D eigenvalue weighted by Crippen LogP contribution is -2.05. The Morgan fingerprint density at radius 3 is 2.45 bits per heavy atom. The maximum atomic E-state index is 6.14. The zero-order valence-corrected chi connectivity index (χ0v) is 14.5. The Labute approximate surface area is 127 Å². The molecule has 112 valence electrons. The van der Waals surface area contributed by atoms with Gasteiger partial charge < -0.3 is 4.74 Å². The summed E-state index contributed by atoms with van der Waals surface area (Å²) in [7, 11) is 1.03. The molecule has 0 N–H and O–H groups in total. The van der Waals surface area contributed by atoms with Crippen LogP contribution in [0, 0.1) is 0 Å². The topological polar surface area (TPSA) is 9.23 Å². The lowest BCUT2D eigenvalue weighted by Gasteiger charge is -2.15. The van der Waals surface area contributed by atoms with Gasteiger partial charge in [-0.3, -0.25) is 0 Å². The predicted octanol–water partition coefficient (Wildman–Crippen LogP) is 5.24. The summed E-state index contributed by atoms with van der Waals surface area (Å²) in [6.07, 6.45) is 7.44. The van der Waals surface area contributed by atoms with Crippen LogP contribution in [0.1, 0.15) is 64.0 Å². The monoisotopic (exact) mass is 290 g/mol. The summed E-state index contributed by atoms with van der Waals surface area (Å²) in [6, 6.07) is 9.18. The highest BCUT2D eigenvalue weighted by Gasteiger charge is 2.08. The number of rotatable bonds is 11. The van der Waals surface area contributed by atoms with Crippen LogP contribution < -0.4 is 4.74 Å². The van der Waals surface area contributed by atoms with E-state index in [1.165, 1.54) is 61.1 Å². The van der Waals surface area contributed by atoms with E-state index in [1.807, 2.05) is 0 Å². The van der Waals surface area contributed by atoms with E-state index in [0.29, 0.717) is 0 Å². The third-order valence-corrected chi connectivity index (χ3v) is 5.03. The summed E-state index contributed by atoms with van der Waals surface area (Å²) >= 11 is 0. The number of hydrogen-bond donors (Lipinski definition) is 0. The van der Waals surface area contributed by atoms with E-state index in [9.17, 15) is 0 Å². The summed E-state index contributed by atoms with van der Waals surface area (Å²) in [5.74, 6) is 1.19. The zero-order valence-electron chi connectivity index (χ0n) is 13.5. The Hall–Kier alpha value is -0.763. The predicted molar refractivity (Wildman–Crippen MR) is 90.0 cm³/mol. The number of aryl methyl sites for hydroxylation is 1. The molecule has 1 aromatic carbocycles. The number of ether oxygens (including phenoxy) is 1. The van der Waals surface area contributed by atoms with Gasteiger partial charge in [0, 0.05) is 9.52 Å². The fraction of sp³-hybridized carbons (Fsp3) is 0.667. The number of para-hydroxylation sites is 1. The van der Waals surface area contributed by atoms with Gasteiger partial charge in [-0.05, 0) is 30.0 Å². The molecule has 0 aliphatic carbocycles. The molecule has 0 heterocycles. The van der Waals surface area contributed by atoms with Crippen molar-refractivity contribution in [3.8, 4) is 5.75 Å². The van der Waals surface area contributed by atoms with Crippen molar-refractivity contribution in [2.24, 2.45) is 0 Å². The molecule has 2 heteroatoms. The number of hydrogen-bond acceptors (Lipinski definition) is 1. The first-order valence-electron chi connectivity index (χ1n) is 8.27. The van der Waals surface area contributed by atoms with Crippen LogP contribution in [0.25, 0.3) is 0 Å². The van der Waals surface area contributed by atoms with Crippen molar-refractivity contribution in [2.75, 3.05) is 6.61 Å². The smallest absolute Gasteiger partial charge is 0.125 e. The molecule has 0 unspecified atom stereocenters. The van der Waals surface area contributed by atoms with Gasteiger partial charge in [-0.25, -0.2) is 0 Å². The minimum atomic E-state index is 0.876. The van der Waals surface area contributed by atoms with Crippen molar-refractivity contribution in [2.45, 2.75) is 71.4 Å². The fourth-order valence-electron chi connectivity index (χ4n) is 2.34. The van der Waals surface area contributed by atoms with Gasteiger partial charge in [0.25, 0.3) is 0 Å². The zero-order chi connectivity index (χ0) is 14.6. The largest absolute Gasteiger partial charge is 0.493 e. The van der Waals surface area contributed by atoms with Crippen LogP contribution in [0.4, 0.5) is 0 Å². The number of unbranched alkanes of at least 4 members (excludes halogenated alkanes) is 3. The normalized spacial score (nSPS) is 10.8. The van der Waals surface area contributed by atoms with Crippen LogP contribution in [0.3, 0.4) is 0 Å². The molecule has 0 aliphatic rings. The molecule has 0 saturated heterocycles. The third-order valence-electron chi connectivity index (χ3n) is 3.55. The van der Waals surface area contributed by atoms with E-state index < -0.39 is 0 Å². The minimum absolute atomic E-state index is 0.876. The summed E-state index contributed by atoms with van der Waals surface area (Å²) in [6.45, 7) is 7.61. The van der Waals surface area contributed by atoms with Crippen molar-refractivity contribution in [3.05, 3.63) is 29.3 Å². The highest BCUT2D eigenvalue weighted by Crippen LogP contribution is 2.25. The van der Waals surface area contributed by atoms with Crippen molar-refractivity contribution in [1.29, 1.82) is 0 Å². The molecule has 0 atom stereocenters. The second-order valence-corrected chi connectivity index (χ2v) is 6.70. The second kappa shape index (κ2) is 11.0. The third kappa shape index (κ3) is 6.13. The van der Waals surface area contributed by atoms with Gasteiger partial charge in [-0.2, -0.15) is 0 Å². The first kappa shape index (κ1) is 17.3. The standard InChI is InChI=1S/C18H30OSi/c1-4-7-8-9-13-19-18-16(6-3)11-10-12-17(18)15-20-14-5-2/h10-12H,4-9,13-15H2,1-3H3. The molecule has 20 heavy (non-hydrogen) atoms. The van der Waals surface area contributed by atoms with Crippen LogP contribution in [-0.4, -0.2) is 16.1 Å². The Kier molecular flexibility index (Phi) is 9.47. The van der Waals surface area contributed by atoms with Crippen LogP contribution in [0.5, 0.6) is 5.75 Å². The first-order chi connectivity index (χ1) is 9.83. The second-order valence-electron chi connectivity index (χ2n) is 5.34. The summed E-state index contributed by atoms with van der Waals surface area (Å²) < 4.78 is 6.14. The van der Waals surface area contributed by atoms with Crippen LogP contribution in [-0.2, 0) is 12.5 Å². The van der Waals surface area contributed by atoms with E-state index in [2.05, 4.69) is 39.0 Å². The molecule has 1 aromatic rings. The Balaban J connectivity index is 2.59. The Bertz CT molecular complexity index is 362. The molecular weight excluding hydrogens is 260 g/mol. The van der Waals surface area contributed by atoms with Gasteiger partial charge in [0.15, 0.2) is 0 Å². The molecule has 0 saturated carbocycles. The lowest BCUT2D eigenvalue weighted by molar-refractivity contribution is 0.300.